The molecule has 2 unspecified atom stereocenters. The van der Waals surface area contributed by atoms with Gasteiger partial charge >= 0.3 is 18.0 Å². The van der Waals surface area contributed by atoms with Crippen molar-refractivity contribution in [1.29, 1.82) is 0 Å². The number of aliphatic hydroxyl groups is 4. The van der Waals surface area contributed by atoms with E-state index in [2.05, 4.69) is 33.0 Å². The van der Waals surface area contributed by atoms with E-state index in [0.717, 1.165) is 143 Å². The van der Waals surface area contributed by atoms with Crippen molar-refractivity contribution in [2.75, 3.05) is 37.4 Å². The number of amides is 5. The molecule has 2 heterocycles. The Balaban J connectivity index is 0.000000202. The molecule has 0 spiro atoms. The molecule has 4 aromatic rings. The van der Waals surface area contributed by atoms with E-state index in [1.165, 1.54) is 43.4 Å². The number of carbonyl (C=O) groups is 4. The number of fused-ring (bicyclic) bond motifs is 4. The van der Waals surface area contributed by atoms with Crippen molar-refractivity contribution >= 4 is 55.4 Å². The normalized spacial score (nSPS) is 15.2. The molecule has 4 aliphatic carbocycles. The van der Waals surface area contributed by atoms with Crippen LogP contribution in [0, 0.1) is 0 Å². The minimum atomic E-state index is -4.35. The van der Waals surface area contributed by atoms with E-state index in [-0.39, 0.29) is 24.5 Å². The van der Waals surface area contributed by atoms with Crippen molar-refractivity contribution in [3.05, 3.63) is 80.2 Å². The predicted octanol–water partition coefficient (Wildman–Crippen LogP) is 2.08. The number of hydrogen-bond acceptors (Lipinski definition) is 14. The van der Waals surface area contributed by atoms with Crippen LogP contribution in [0.15, 0.2) is 34.3 Å². The van der Waals surface area contributed by atoms with Gasteiger partial charge in [-0.2, -0.15) is 27.0 Å². The first kappa shape index (κ1) is 52.5. The lowest BCUT2D eigenvalue weighted by molar-refractivity contribution is 0.0513. The van der Waals surface area contributed by atoms with Crippen LogP contribution < -0.4 is 20.1 Å². The second-order valence-electron chi connectivity index (χ2n) is 17.5. The monoisotopic (exact) mass is 999 g/mol. The summed E-state index contributed by atoms with van der Waals surface area (Å²) in [6, 6.07) is 4.65. The Labute approximate surface area is 400 Å². The van der Waals surface area contributed by atoms with Crippen LogP contribution in [0.2, 0.25) is 0 Å². The summed E-state index contributed by atoms with van der Waals surface area (Å²) in [5, 5.41) is 56.5. The van der Waals surface area contributed by atoms with Crippen molar-refractivity contribution in [3.63, 3.8) is 0 Å². The average molecular weight is 1000 g/mol. The number of sulfonamides is 2. The number of hydrogen-bond donors (Lipinski definition) is 9. The van der Waals surface area contributed by atoms with Crippen molar-refractivity contribution in [2.45, 2.75) is 119 Å². The van der Waals surface area contributed by atoms with Gasteiger partial charge in [-0.1, -0.05) is 25.5 Å². The fraction of sp³-hybridized carbons (Fsp3) is 0.511. The number of anilines is 2. The van der Waals surface area contributed by atoms with E-state index in [1.54, 1.807) is 0 Å². The quantitative estimate of drug-likeness (QED) is 0.0874. The van der Waals surface area contributed by atoms with Crippen LogP contribution in [0.1, 0.15) is 111 Å². The zero-order chi connectivity index (χ0) is 50.4. The largest absolute Gasteiger partial charge is 0.477 e. The number of carbonyl (C=O) groups excluding carboxylic acids is 3. The third-order valence-electron chi connectivity index (χ3n) is 12.5. The number of likely N-dealkylation sites (N-methyl/N-ethyl adjacent to an activating group) is 1. The number of benzene rings is 2. The van der Waals surface area contributed by atoms with Gasteiger partial charge in [0, 0.05) is 51.2 Å². The topological polar surface area (TPSA) is 325 Å². The Morgan fingerprint density at radius 2 is 1.01 bits per heavy atom. The molecule has 24 heteroatoms. The molecule has 0 saturated carbocycles. The first-order valence-electron chi connectivity index (χ1n) is 22.8. The third kappa shape index (κ3) is 12.3. The first-order chi connectivity index (χ1) is 32.7. The van der Waals surface area contributed by atoms with Gasteiger partial charge in [-0.15, -0.1) is 0 Å². The van der Waals surface area contributed by atoms with Gasteiger partial charge in [0.05, 0.1) is 25.4 Å². The number of nitrogens with zero attached hydrogens (tertiary/aromatic N) is 5. The van der Waals surface area contributed by atoms with Crippen molar-refractivity contribution < 1.29 is 61.5 Å². The molecular formula is C45H61N9O13S2. The smallest absolute Gasteiger partial charge is 0.354 e. The summed E-state index contributed by atoms with van der Waals surface area (Å²) < 4.78 is 56.5. The van der Waals surface area contributed by atoms with Crippen LogP contribution in [0.3, 0.4) is 0 Å². The highest BCUT2D eigenvalue weighted by Crippen LogP contribution is 2.40. The predicted molar refractivity (Wildman–Crippen MR) is 251 cm³/mol. The molecule has 376 valence electrons. The molecule has 0 radical (unpaired) electrons. The van der Waals surface area contributed by atoms with Crippen molar-refractivity contribution in [3.8, 4) is 0 Å². The van der Waals surface area contributed by atoms with Crippen LogP contribution in [0.25, 0.3) is 0 Å². The zero-order valence-electron chi connectivity index (χ0n) is 39.0. The lowest BCUT2D eigenvalue weighted by Gasteiger charge is -2.19. The number of urea groups is 2. The Kier molecular flexibility index (Phi) is 16.9. The molecule has 2 atom stereocenters. The molecule has 8 rings (SSSR count). The molecule has 0 saturated heterocycles. The lowest BCUT2D eigenvalue weighted by atomic mass is 9.99. The van der Waals surface area contributed by atoms with Crippen LogP contribution >= 0.6 is 0 Å². The van der Waals surface area contributed by atoms with Gasteiger partial charge in [-0.3, -0.25) is 14.2 Å². The summed E-state index contributed by atoms with van der Waals surface area (Å²) in [5.41, 5.74) is 10.3. The fourth-order valence-electron chi connectivity index (χ4n) is 9.18. The Bertz CT molecular complexity index is 2760. The molecule has 2 aromatic heterocycles. The summed E-state index contributed by atoms with van der Waals surface area (Å²) in [6.07, 6.45) is 11.3. The third-order valence-corrected chi connectivity index (χ3v) is 14.9. The van der Waals surface area contributed by atoms with Gasteiger partial charge in [-0.05, 0) is 128 Å². The molecule has 4 aliphatic rings. The van der Waals surface area contributed by atoms with E-state index in [0.29, 0.717) is 6.42 Å². The molecule has 5 amide bonds. The summed E-state index contributed by atoms with van der Waals surface area (Å²) in [7, 11) is -4.52. The minimum absolute atomic E-state index is 0.0490. The van der Waals surface area contributed by atoms with Gasteiger partial charge in [0.15, 0.2) is 10.1 Å². The number of aryl methyl sites for hydroxylation is 6. The molecular weight excluding hydrogens is 939 g/mol. The summed E-state index contributed by atoms with van der Waals surface area (Å²) in [6.45, 7) is 1.21. The van der Waals surface area contributed by atoms with E-state index >= 15 is 0 Å². The summed E-state index contributed by atoms with van der Waals surface area (Å²) in [5.74, 6) is -1.90. The summed E-state index contributed by atoms with van der Waals surface area (Å²) >= 11 is 0. The average Bonchev–Trinajstić information content (AvgIpc) is 4.16. The maximum Gasteiger partial charge on any atom is 0.354 e. The maximum atomic E-state index is 12.8. The van der Waals surface area contributed by atoms with E-state index in [1.807, 2.05) is 16.4 Å². The van der Waals surface area contributed by atoms with Crippen LogP contribution in [-0.2, 0) is 85.5 Å². The molecule has 9 N–H and O–H groups in total. The molecule has 2 aromatic carbocycles. The van der Waals surface area contributed by atoms with Gasteiger partial charge in [0.25, 0.3) is 26.0 Å². The Hall–Kier alpha value is -5.92. The molecule has 0 aliphatic heterocycles. The number of carboxylic acids is 1. The lowest BCUT2D eigenvalue weighted by Crippen LogP contribution is -2.36. The van der Waals surface area contributed by atoms with Crippen LogP contribution in [0.4, 0.5) is 21.0 Å². The number of aromatic carboxylic acids is 1. The fourth-order valence-corrected chi connectivity index (χ4v) is 11.0. The molecule has 22 nitrogen and oxygen atoms in total. The number of rotatable bonds is 14. The van der Waals surface area contributed by atoms with Gasteiger partial charge in [-0.25, -0.2) is 23.8 Å². The zero-order valence-corrected chi connectivity index (χ0v) is 40.7. The van der Waals surface area contributed by atoms with Gasteiger partial charge in [0.2, 0.25) is 0 Å². The van der Waals surface area contributed by atoms with Crippen LogP contribution in [0.5, 0.6) is 0 Å². The number of carboxylic acid groups (broad SMARTS) is 1. The van der Waals surface area contributed by atoms with E-state index < -0.39 is 72.9 Å². The van der Waals surface area contributed by atoms with Crippen LogP contribution in [-0.4, -0.2) is 130 Å². The highest BCUT2D eigenvalue weighted by atomic mass is 32.2. The van der Waals surface area contributed by atoms with Gasteiger partial charge < -0.3 is 41.1 Å². The van der Waals surface area contributed by atoms with E-state index in [4.69, 9.17) is 20.4 Å². The number of nitrogens with one attached hydrogen (secondary N) is 4. The Morgan fingerprint density at radius 1 is 0.638 bits per heavy atom. The molecule has 0 bridgehead atoms. The SMILES string of the molecule is CCCC(O)CO.CN(CC(O)CO)C(=O)c1cc(S(=O)(=O)NC(=O)Nc2c3c(cc4c2CCC4)CCC3)nn1C.Cn1nc(S(=O)(=O)NC(=O)Nc2c3c(cc4c2CCC4)CCC3)cc1C(=O)O. The number of aliphatic hydroxyl groups excluding tert-OH is 4. The standard InChI is InChI=1S/C22H29N5O6S.C18H20N4O5S.C5H12O2/c1-26(11-15(29)12-28)21(30)18-10-19(24-27(18)2)34(32,33)25-22(31)23-20-16-7-3-5-13(16)9-14-6-4-8-17(14)20;1-22-14(17(23)24)9-15(20-22)28(26,27)21-18(25)19-16-12-6-2-4-10(12)8-11-5-3-7-13(11)16;1-2-3-5(7)4-6/h9-10,15,28-29H,3-8,11-12H2,1-2H3,(H2,23,25,31);8-9H,2-7H2,1H3,(H,23,24)(H2,19,21,25);5-7H,2-4H2,1H3. The maximum absolute atomic E-state index is 12.8. The first-order valence-corrected chi connectivity index (χ1v) is 25.8. The van der Waals surface area contributed by atoms with E-state index in [9.17, 15) is 41.1 Å². The molecule has 0 fully saturated rings. The number of aromatic nitrogens is 4. The Morgan fingerprint density at radius 3 is 1.35 bits per heavy atom. The minimum Gasteiger partial charge on any atom is -0.477 e. The van der Waals surface area contributed by atoms with Crippen molar-refractivity contribution in [2.24, 2.45) is 14.1 Å². The second kappa shape index (κ2) is 22.2. The summed E-state index contributed by atoms with van der Waals surface area (Å²) in [4.78, 5) is 50.0. The second-order valence-corrected chi connectivity index (χ2v) is 20.8. The highest BCUT2D eigenvalue weighted by molar-refractivity contribution is 7.90. The van der Waals surface area contributed by atoms with Crippen molar-refractivity contribution in [1.82, 2.24) is 33.9 Å². The highest BCUT2D eigenvalue weighted by Gasteiger charge is 2.31. The van der Waals surface area contributed by atoms with Gasteiger partial charge in [0.1, 0.15) is 11.4 Å². The molecule has 69 heavy (non-hydrogen) atoms.